The molecular weight excluding hydrogens is 378 g/mol. The second-order valence-corrected chi connectivity index (χ2v) is 9.08. The summed E-state index contributed by atoms with van der Waals surface area (Å²) in [4.78, 5) is 12.0. The van der Waals surface area contributed by atoms with Crippen LogP contribution in [-0.4, -0.2) is 48.6 Å². The Morgan fingerprint density at radius 1 is 1.25 bits per heavy atom. The number of carbonyl (C=O) groups excluding carboxylic acids is 1. The highest BCUT2D eigenvalue weighted by molar-refractivity contribution is 7.89. The normalized spacial score (nSPS) is 16.2. The summed E-state index contributed by atoms with van der Waals surface area (Å²) < 4.78 is 32.2. The standard InChI is InChI=1S/C20H27N3O4S/c1-3-27-20(24)18-14-21-22-19(18)28(25,26)23-12-10-17(11-13-23)9-8-16-6-4-15(2)5-7-16/h4-7,14,17H,3,8-13H2,1-2H3,(H,21,22). The second kappa shape index (κ2) is 8.87. The SMILES string of the molecule is CCOC(=O)c1cn[nH]c1S(=O)(=O)N1CCC(CCc2ccc(C)cc2)CC1. The minimum atomic E-state index is -3.79. The lowest BCUT2D eigenvalue weighted by Crippen LogP contribution is -2.39. The number of hydrogen-bond acceptors (Lipinski definition) is 5. The van der Waals surface area contributed by atoms with E-state index in [9.17, 15) is 13.2 Å². The highest BCUT2D eigenvalue weighted by Gasteiger charge is 2.34. The van der Waals surface area contributed by atoms with Crippen molar-refractivity contribution in [2.75, 3.05) is 19.7 Å². The maximum atomic E-state index is 12.9. The van der Waals surface area contributed by atoms with Crippen LogP contribution in [0.15, 0.2) is 35.5 Å². The molecule has 1 aliphatic rings. The molecule has 3 rings (SSSR count). The molecule has 152 valence electrons. The number of aromatic amines is 1. The van der Waals surface area contributed by atoms with Gasteiger partial charge in [0.25, 0.3) is 10.0 Å². The van der Waals surface area contributed by atoms with Crippen molar-refractivity contribution in [3.63, 3.8) is 0 Å². The molecule has 2 heterocycles. The highest BCUT2D eigenvalue weighted by Crippen LogP contribution is 2.27. The third kappa shape index (κ3) is 4.62. The van der Waals surface area contributed by atoms with Crippen molar-refractivity contribution in [2.24, 2.45) is 5.92 Å². The average Bonchev–Trinajstić information content (AvgIpc) is 3.19. The number of nitrogens with zero attached hydrogens (tertiary/aromatic N) is 2. The largest absolute Gasteiger partial charge is 0.462 e. The van der Waals surface area contributed by atoms with Gasteiger partial charge in [-0.05, 0) is 51.0 Å². The number of H-pyrrole nitrogens is 1. The van der Waals surface area contributed by atoms with E-state index >= 15 is 0 Å². The Hall–Kier alpha value is -2.19. The predicted molar refractivity (Wildman–Crippen MR) is 106 cm³/mol. The van der Waals surface area contributed by atoms with Gasteiger partial charge in [0.1, 0.15) is 5.56 Å². The maximum Gasteiger partial charge on any atom is 0.342 e. The van der Waals surface area contributed by atoms with E-state index < -0.39 is 16.0 Å². The lowest BCUT2D eigenvalue weighted by molar-refractivity contribution is 0.0521. The molecule has 1 N–H and O–H groups in total. The summed E-state index contributed by atoms with van der Waals surface area (Å²) in [7, 11) is -3.79. The molecule has 0 amide bonds. The number of aromatic nitrogens is 2. The Labute approximate surface area is 166 Å². The van der Waals surface area contributed by atoms with Crippen molar-refractivity contribution in [1.82, 2.24) is 14.5 Å². The Balaban J connectivity index is 1.59. The molecule has 7 nitrogen and oxygen atoms in total. The zero-order chi connectivity index (χ0) is 20.1. The van der Waals surface area contributed by atoms with Gasteiger partial charge in [0, 0.05) is 13.1 Å². The fourth-order valence-corrected chi connectivity index (χ4v) is 5.05. The van der Waals surface area contributed by atoms with Crippen LogP contribution in [0.5, 0.6) is 0 Å². The topological polar surface area (TPSA) is 92.4 Å². The number of hydrogen-bond donors (Lipinski definition) is 1. The monoisotopic (exact) mass is 405 g/mol. The smallest absolute Gasteiger partial charge is 0.342 e. The minimum absolute atomic E-state index is 0.0386. The van der Waals surface area contributed by atoms with Crippen molar-refractivity contribution in [1.29, 1.82) is 0 Å². The van der Waals surface area contributed by atoms with Crippen molar-refractivity contribution in [3.05, 3.63) is 47.2 Å². The number of rotatable bonds is 7. The van der Waals surface area contributed by atoms with Crippen LogP contribution in [0.4, 0.5) is 0 Å². The number of carbonyl (C=O) groups is 1. The van der Waals surface area contributed by atoms with Crippen molar-refractivity contribution >= 4 is 16.0 Å². The molecule has 0 radical (unpaired) electrons. The molecule has 0 bridgehead atoms. The second-order valence-electron chi connectivity index (χ2n) is 7.21. The first kappa shape index (κ1) is 20.5. The van der Waals surface area contributed by atoms with Crippen LogP contribution in [0.3, 0.4) is 0 Å². The minimum Gasteiger partial charge on any atom is -0.462 e. The summed E-state index contributed by atoms with van der Waals surface area (Å²) in [5.41, 5.74) is 2.53. The molecule has 0 atom stereocenters. The number of benzene rings is 1. The van der Waals surface area contributed by atoms with Crippen LogP contribution in [-0.2, 0) is 21.2 Å². The average molecular weight is 406 g/mol. The summed E-state index contributed by atoms with van der Waals surface area (Å²) in [6.07, 6.45) is 4.89. The molecule has 1 fully saturated rings. The Bertz CT molecular complexity index is 898. The Morgan fingerprint density at radius 3 is 2.57 bits per heavy atom. The van der Waals surface area contributed by atoms with E-state index in [2.05, 4.69) is 41.4 Å². The van der Waals surface area contributed by atoms with E-state index in [1.807, 2.05) is 0 Å². The lowest BCUT2D eigenvalue weighted by atomic mass is 9.91. The van der Waals surface area contributed by atoms with Gasteiger partial charge in [-0.15, -0.1) is 0 Å². The van der Waals surface area contributed by atoms with E-state index in [4.69, 9.17) is 4.74 Å². The molecule has 0 saturated carbocycles. The molecule has 1 aromatic carbocycles. The van der Waals surface area contributed by atoms with Crippen molar-refractivity contribution in [2.45, 2.75) is 44.6 Å². The molecule has 1 aliphatic heterocycles. The van der Waals surface area contributed by atoms with Crippen LogP contribution >= 0.6 is 0 Å². The number of aryl methyl sites for hydroxylation is 2. The van der Waals surface area contributed by atoms with Gasteiger partial charge < -0.3 is 4.74 Å². The molecule has 0 unspecified atom stereocenters. The number of esters is 1. The van der Waals surface area contributed by atoms with Gasteiger partial charge in [0.15, 0.2) is 5.03 Å². The summed E-state index contributed by atoms with van der Waals surface area (Å²) in [5.74, 6) is -0.179. The molecule has 0 aliphatic carbocycles. The van der Waals surface area contributed by atoms with Crippen molar-refractivity contribution < 1.29 is 17.9 Å². The zero-order valence-corrected chi connectivity index (χ0v) is 17.2. The number of piperidine rings is 1. The summed E-state index contributed by atoms with van der Waals surface area (Å²) in [6.45, 7) is 4.82. The summed E-state index contributed by atoms with van der Waals surface area (Å²) in [6, 6.07) is 8.56. The van der Waals surface area contributed by atoms with Crippen LogP contribution in [0.2, 0.25) is 0 Å². The lowest BCUT2D eigenvalue weighted by Gasteiger charge is -2.31. The summed E-state index contributed by atoms with van der Waals surface area (Å²) >= 11 is 0. The van der Waals surface area contributed by atoms with Gasteiger partial charge >= 0.3 is 5.97 Å². The molecule has 8 heteroatoms. The van der Waals surface area contributed by atoms with E-state index in [-0.39, 0.29) is 17.2 Å². The summed E-state index contributed by atoms with van der Waals surface area (Å²) in [5, 5.41) is 6.03. The molecule has 1 saturated heterocycles. The van der Waals surface area contributed by atoms with Gasteiger partial charge in [-0.2, -0.15) is 9.40 Å². The van der Waals surface area contributed by atoms with Crippen LogP contribution in [0.1, 0.15) is 47.7 Å². The fraction of sp³-hybridized carbons (Fsp3) is 0.500. The van der Waals surface area contributed by atoms with Crippen molar-refractivity contribution in [3.8, 4) is 0 Å². The number of ether oxygens (including phenoxy) is 1. The van der Waals surface area contributed by atoms with E-state index in [1.54, 1.807) is 6.92 Å². The van der Waals surface area contributed by atoms with Gasteiger partial charge in [-0.1, -0.05) is 29.8 Å². The quantitative estimate of drug-likeness (QED) is 0.715. The van der Waals surface area contributed by atoms with E-state index in [1.165, 1.54) is 21.6 Å². The fourth-order valence-electron chi connectivity index (χ4n) is 3.52. The van der Waals surface area contributed by atoms with Gasteiger partial charge in [-0.25, -0.2) is 13.2 Å². The molecule has 0 spiro atoms. The molecule has 1 aromatic heterocycles. The Kier molecular flexibility index (Phi) is 6.51. The van der Waals surface area contributed by atoms with Crippen LogP contribution < -0.4 is 0 Å². The van der Waals surface area contributed by atoms with Gasteiger partial charge in [0.05, 0.1) is 12.8 Å². The van der Waals surface area contributed by atoms with Crippen LogP contribution in [0, 0.1) is 12.8 Å². The highest BCUT2D eigenvalue weighted by atomic mass is 32.2. The third-order valence-corrected chi connectivity index (χ3v) is 7.11. The zero-order valence-electron chi connectivity index (χ0n) is 16.3. The third-order valence-electron chi connectivity index (χ3n) is 5.23. The number of nitrogens with one attached hydrogen (secondary N) is 1. The first-order chi connectivity index (χ1) is 13.4. The number of sulfonamides is 1. The van der Waals surface area contributed by atoms with Gasteiger partial charge in [-0.3, -0.25) is 5.10 Å². The molecule has 2 aromatic rings. The molecule has 28 heavy (non-hydrogen) atoms. The predicted octanol–water partition coefficient (Wildman–Crippen LogP) is 2.93. The van der Waals surface area contributed by atoms with Gasteiger partial charge in [0.2, 0.25) is 0 Å². The van der Waals surface area contributed by atoms with E-state index in [0.717, 1.165) is 25.7 Å². The van der Waals surface area contributed by atoms with E-state index in [0.29, 0.717) is 19.0 Å². The first-order valence-electron chi connectivity index (χ1n) is 9.68. The van der Waals surface area contributed by atoms with Crippen LogP contribution in [0.25, 0.3) is 0 Å². The first-order valence-corrected chi connectivity index (χ1v) is 11.1. The maximum absolute atomic E-state index is 12.9. The Morgan fingerprint density at radius 2 is 1.93 bits per heavy atom. The molecular formula is C20H27N3O4S.